The first-order valence-corrected chi connectivity index (χ1v) is 4.63. The molecule has 2 rings (SSSR count). The van der Waals surface area contributed by atoms with Crippen LogP contribution in [0.15, 0.2) is 0 Å². The maximum Gasteiger partial charge on any atom is 0.302 e. The third-order valence-corrected chi connectivity index (χ3v) is 2.94. The molecule has 1 aliphatic carbocycles. The van der Waals surface area contributed by atoms with Crippen LogP contribution in [0.4, 0.5) is 0 Å². The molecule has 2 aliphatic rings. The quantitative estimate of drug-likeness (QED) is 0.582. The van der Waals surface area contributed by atoms with Gasteiger partial charge in [0.2, 0.25) is 0 Å². The van der Waals surface area contributed by atoms with Gasteiger partial charge in [0.1, 0.15) is 6.10 Å². The Bertz CT molecular complexity index is 181. The topological polar surface area (TPSA) is 38.3 Å². The zero-order valence-corrected chi connectivity index (χ0v) is 7.38. The van der Waals surface area contributed by atoms with E-state index < -0.39 is 0 Å². The second-order valence-corrected chi connectivity index (χ2v) is 3.88. The average molecular weight is 169 g/mol. The molecule has 68 valence electrons. The van der Waals surface area contributed by atoms with Crippen molar-refractivity contribution < 1.29 is 9.53 Å². The Morgan fingerprint density at radius 3 is 2.42 bits per heavy atom. The van der Waals surface area contributed by atoms with Crippen LogP contribution in [0.25, 0.3) is 0 Å². The third kappa shape index (κ3) is 1.46. The lowest BCUT2D eigenvalue weighted by Gasteiger charge is -2.10. The SMILES string of the molecule is CC(=O)OC1C[C@H]2CNC[C@H]2C1. The highest BCUT2D eigenvalue weighted by atomic mass is 16.5. The highest BCUT2D eigenvalue weighted by Crippen LogP contribution is 2.35. The molecule has 1 aliphatic heterocycles. The first-order chi connectivity index (χ1) is 5.75. The number of carbonyl (C=O) groups excluding carboxylic acids is 1. The number of rotatable bonds is 1. The van der Waals surface area contributed by atoms with E-state index in [9.17, 15) is 4.79 Å². The molecule has 3 nitrogen and oxygen atoms in total. The van der Waals surface area contributed by atoms with E-state index in [0.717, 1.165) is 37.8 Å². The van der Waals surface area contributed by atoms with Crippen molar-refractivity contribution in [2.75, 3.05) is 13.1 Å². The highest BCUT2D eigenvalue weighted by Gasteiger charge is 2.38. The van der Waals surface area contributed by atoms with Gasteiger partial charge in [-0.25, -0.2) is 0 Å². The van der Waals surface area contributed by atoms with Gasteiger partial charge in [-0.05, 0) is 37.8 Å². The Kier molecular flexibility index (Phi) is 2.05. The van der Waals surface area contributed by atoms with E-state index in [1.807, 2.05) is 0 Å². The predicted molar refractivity (Wildman–Crippen MR) is 44.6 cm³/mol. The minimum atomic E-state index is -0.132. The summed E-state index contributed by atoms with van der Waals surface area (Å²) in [5, 5.41) is 3.36. The average Bonchev–Trinajstić information content (AvgIpc) is 2.43. The van der Waals surface area contributed by atoms with Crippen LogP contribution in [0, 0.1) is 11.8 Å². The molecule has 3 atom stereocenters. The monoisotopic (exact) mass is 169 g/mol. The zero-order chi connectivity index (χ0) is 8.55. The van der Waals surface area contributed by atoms with E-state index >= 15 is 0 Å². The van der Waals surface area contributed by atoms with Gasteiger partial charge >= 0.3 is 5.97 Å². The number of ether oxygens (including phenoxy) is 1. The van der Waals surface area contributed by atoms with Crippen LogP contribution in [0.2, 0.25) is 0 Å². The number of nitrogens with one attached hydrogen (secondary N) is 1. The lowest BCUT2D eigenvalue weighted by molar-refractivity contribution is -0.146. The van der Waals surface area contributed by atoms with Gasteiger partial charge in [0.25, 0.3) is 0 Å². The molecule has 0 aromatic heterocycles. The Hall–Kier alpha value is -0.570. The lowest BCUT2D eigenvalue weighted by atomic mass is 10.0. The molecule has 0 aromatic rings. The first-order valence-electron chi connectivity index (χ1n) is 4.63. The zero-order valence-electron chi connectivity index (χ0n) is 7.38. The molecule has 0 bridgehead atoms. The van der Waals surface area contributed by atoms with E-state index in [0.29, 0.717) is 0 Å². The van der Waals surface area contributed by atoms with Crippen molar-refractivity contribution in [2.24, 2.45) is 11.8 Å². The fourth-order valence-electron chi connectivity index (χ4n) is 2.44. The van der Waals surface area contributed by atoms with Crippen molar-refractivity contribution in [3.8, 4) is 0 Å². The van der Waals surface area contributed by atoms with E-state index in [1.165, 1.54) is 6.92 Å². The predicted octanol–water partition coefficient (Wildman–Crippen LogP) is 0.547. The summed E-state index contributed by atoms with van der Waals surface area (Å²) in [5.74, 6) is 1.39. The van der Waals surface area contributed by atoms with Crippen LogP contribution >= 0.6 is 0 Å². The highest BCUT2D eigenvalue weighted by molar-refractivity contribution is 5.66. The fraction of sp³-hybridized carbons (Fsp3) is 0.889. The normalized spacial score (nSPS) is 39.6. The van der Waals surface area contributed by atoms with Crippen molar-refractivity contribution in [3.05, 3.63) is 0 Å². The smallest absolute Gasteiger partial charge is 0.302 e. The largest absolute Gasteiger partial charge is 0.463 e. The van der Waals surface area contributed by atoms with E-state index in [-0.39, 0.29) is 12.1 Å². The number of hydrogen-bond donors (Lipinski definition) is 1. The molecule has 12 heavy (non-hydrogen) atoms. The molecule has 0 spiro atoms. The summed E-state index contributed by atoms with van der Waals surface area (Å²) in [5.41, 5.74) is 0. The Balaban J connectivity index is 1.86. The number of esters is 1. The van der Waals surface area contributed by atoms with Gasteiger partial charge in [0, 0.05) is 6.92 Å². The maximum absolute atomic E-state index is 10.7. The van der Waals surface area contributed by atoms with Crippen LogP contribution in [-0.4, -0.2) is 25.2 Å². The molecule has 0 radical (unpaired) electrons. The maximum atomic E-state index is 10.7. The summed E-state index contributed by atoms with van der Waals surface area (Å²) in [7, 11) is 0. The van der Waals surface area contributed by atoms with E-state index in [2.05, 4.69) is 5.32 Å². The van der Waals surface area contributed by atoms with Crippen molar-refractivity contribution >= 4 is 5.97 Å². The summed E-state index contributed by atoms with van der Waals surface area (Å²) in [6.45, 7) is 3.72. The van der Waals surface area contributed by atoms with Gasteiger partial charge in [0.15, 0.2) is 0 Å². The van der Waals surface area contributed by atoms with Crippen LogP contribution in [0.1, 0.15) is 19.8 Å². The van der Waals surface area contributed by atoms with Crippen LogP contribution in [0.5, 0.6) is 0 Å². The molecular formula is C9H15NO2. The second kappa shape index (κ2) is 3.05. The molecule has 1 saturated carbocycles. The first kappa shape index (κ1) is 8.05. The minimum Gasteiger partial charge on any atom is -0.463 e. The van der Waals surface area contributed by atoms with Gasteiger partial charge in [-0.3, -0.25) is 4.79 Å². The molecule has 1 saturated heterocycles. The molecule has 1 heterocycles. The fourth-order valence-corrected chi connectivity index (χ4v) is 2.44. The summed E-state index contributed by atoms with van der Waals surface area (Å²) in [6, 6.07) is 0. The summed E-state index contributed by atoms with van der Waals surface area (Å²) in [4.78, 5) is 10.7. The van der Waals surface area contributed by atoms with Gasteiger partial charge in [-0.2, -0.15) is 0 Å². The number of hydrogen-bond acceptors (Lipinski definition) is 3. The minimum absolute atomic E-state index is 0.132. The van der Waals surface area contributed by atoms with Crippen molar-refractivity contribution in [3.63, 3.8) is 0 Å². The van der Waals surface area contributed by atoms with Crippen molar-refractivity contribution in [1.29, 1.82) is 0 Å². The van der Waals surface area contributed by atoms with Crippen LogP contribution in [0.3, 0.4) is 0 Å². The van der Waals surface area contributed by atoms with E-state index in [4.69, 9.17) is 4.74 Å². The van der Waals surface area contributed by atoms with E-state index in [1.54, 1.807) is 0 Å². The van der Waals surface area contributed by atoms with Gasteiger partial charge in [-0.1, -0.05) is 0 Å². The van der Waals surface area contributed by atoms with Crippen molar-refractivity contribution in [2.45, 2.75) is 25.9 Å². The number of fused-ring (bicyclic) bond motifs is 1. The van der Waals surface area contributed by atoms with Gasteiger partial charge in [-0.15, -0.1) is 0 Å². The molecule has 1 N–H and O–H groups in total. The molecular weight excluding hydrogens is 154 g/mol. The van der Waals surface area contributed by atoms with Gasteiger partial charge in [0.05, 0.1) is 0 Å². The molecule has 2 fully saturated rings. The Labute approximate surface area is 72.5 Å². The third-order valence-electron chi connectivity index (χ3n) is 2.94. The summed E-state index contributed by atoms with van der Waals surface area (Å²) in [6.07, 6.45) is 2.34. The molecule has 0 aromatic carbocycles. The Morgan fingerprint density at radius 1 is 1.33 bits per heavy atom. The molecule has 1 unspecified atom stereocenters. The summed E-state index contributed by atoms with van der Waals surface area (Å²) >= 11 is 0. The number of carbonyl (C=O) groups is 1. The molecule has 3 heteroatoms. The standard InChI is InChI=1S/C9H15NO2/c1-6(11)12-9-2-7-4-10-5-8(7)3-9/h7-10H,2-5H2,1H3/t7-,8+,9?. The summed E-state index contributed by atoms with van der Waals surface area (Å²) < 4.78 is 5.18. The Morgan fingerprint density at radius 2 is 1.92 bits per heavy atom. The lowest BCUT2D eigenvalue weighted by Crippen LogP contribution is -2.18. The van der Waals surface area contributed by atoms with Crippen molar-refractivity contribution in [1.82, 2.24) is 5.32 Å². The van der Waals surface area contributed by atoms with Crippen LogP contribution in [-0.2, 0) is 9.53 Å². The molecule has 0 amide bonds. The second-order valence-electron chi connectivity index (χ2n) is 3.88. The van der Waals surface area contributed by atoms with Gasteiger partial charge < -0.3 is 10.1 Å². The van der Waals surface area contributed by atoms with Crippen LogP contribution < -0.4 is 5.32 Å².